The van der Waals surface area contributed by atoms with Crippen molar-refractivity contribution >= 4 is 17.5 Å². The van der Waals surface area contributed by atoms with E-state index in [2.05, 4.69) is 26.2 Å². The molecule has 0 fully saturated rings. The second-order valence-corrected chi connectivity index (χ2v) is 7.06. The number of amides is 1. The highest BCUT2D eigenvalue weighted by atomic mass is 16.5. The summed E-state index contributed by atoms with van der Waals surface area (Å²) in [5.74, 6) is 0.969. The van der Waals surface area contributed by atoms with Crippen molar-refractivity contribution in [2.24, 2.45) is 0 Å². The smallest absolute Gasteiger partial charge is 0.255 e. The second-order valence-electron chi connectivity index (χ2n) is 7.06. The Kier molecular flexibility index (Phi) is 4.75. The fraction of sp³-hybridized carbons (Fsp3) is 0.238. The summed E-state index contributed by atoms with van der Waals surface area (Å²) in [7, 11) is 1.61. The largest absolute Gasteiger partial charge is 0.497 e. The Labute approximate surface area is 168 Å². The second kappa shape index (κ2) is 7.38. The summed E-state index contributed by atoms with van der Waals surface area (Å²) in [4.78, 5) is 13.4. The molecule has 0 aliphatic carbocycles. The zero-order valence-electron chi connectivity index (χ0n) is 16.7. The Morgan fingerprint density at radius 3 is 2.76 bits per heavy atom. The molecule has 1 amide bonds. The van der Waals surface area contributed by atoms with E-state index >= 15 is 0 Å². The Bertz CT molecular complexity index is 1120. The van der Waals surface area contributed by atoms with Gasteiger partial charge in [-0.05, 0) is 60.5 Å². The summed E-state index contributed by atoms with van der Waals surface area (Å²) in [6.45, 7) is 5.85. The number of hydrogen-bond donors (Lipinski definition) is 2. The van der Waals surface area contributed by atoms with Crippen molar-refractivity contribution in [3.63, 3.8) is 0 Å². The summed E-state index contributed by atoms with van der Waals surface area (Å²) in [6, 6.07) is 13.0. The molecule has 0 spiro atoms. The minimum Gasteiger partial charge on any atom is -0.497 e. The van der Waals surface area contributed by atoms with Gasteiger partial charge in [-0.2, -0.15) is 4.68 Å². The highest BCUT2D eigenvalue weighted by Gasteiger charge is 2.34. The van der Waals surface area contributed by atoms with E-state index in [1.54, 1.807) is 11.8 Å². The molecule has 3 aromatic rings. The van der Waals surface area contributed by atoms with Gasteiger partial charge in [-0.1, -0.05) is 34.9 Å². The maximum atomic E-state index is 13.4. The first-order valence-electron chi connectivity index (χ1n) is 9.26. The minimum absolute atomic E-state index is 0.212. The highest BCUT2D eigenvalue weighted by molar-refractivity contribution is 6.06. The molecule has 4 rings (SSSR count). The van der Waals surface area contributed by atoms with Gasteiger partial charge in [-0.25, -0.2) is 0 Å². The zero-order chi connectivity index (χ0) is 20.5. The average Bonchev–Trinajstić information content (AvgIpc) is 3.17. The molecule has 0 bridgehead atoms. The number of fused-ring (bicyclic) bond motifs is 1. The molecule has 0 saturated heterocycles. The van der Waals surface area contributed by atoms with E-state index in [0.29, 0.717) is 23.0 Å². The predicted molar refractivity (Wildman–Crippen MR) is 110 cm³/mol. The van der Waals surface area contributed by atoms with Gasteiger partial charge in [0.05, 0.1) is 12.7 Å². The number of carbonyl (C=O) groups is 1. The molecule has 1 aromatic heterocycles. The number of allylic oxidation sites excluding steroid dienone is 1. The quantitative estimate of drug-likeness (QED) is 0.710. The third-order valence-corrected chi connectivity index (χ3v) is 5.00. The molecule has 148 valence electrons. The Balaban J connectivity index is 1.77. The molecule has 0 unspecified atom stereocenters. The van der Waals surface area contributed by atoms with Crippen LogP contribution < -0.4 is 15.4 Å². The van der Waals surface area contributed by atoms with Gasteiger partial charge >= 0.3 is 0 Å². The number of aromatic nitrogens is 4. The van der Waals surface area contributed by atoms with Gasteiger partial charge in [0.2, 0.25) is 5.95 Å². The third kappa shape index (κ3) is 3.44. The van der Waals surface area contributed by atoms with Crippen molar-refractivity contribution in [2.45, 2.75) is 26.8 Å². The van der Waals surface area contributed by atoms with Crippen LogP contribution in [0.1, 0.15) is 29.7 Å². The molecule has 1 aliphatic heterocycles. The molecule has 8 heteroatoms. The van der Waals surface area contributed by atoms with Crippen LogP contribution in [-0.4, -0.2) is 33.2 Å². The number of anilines is 2. The van der Waals surface area contributed by atoms with E-state index in [0.717, 1.165) is 22.4 Å². The molecule has 0 radical (unpaired) electrons. The van der Waals surface area contributed by atoms with Crippen LogP contribution in [0.5, 0.6) is 5.75 Å². The number of hydrogen-bond acceptors (Lipinski definition) is 6. The minimum atomic E-state index is -0.484. The van der Waals surface area contributed by atoms with Crippen LogP contribution in [0.2, 0.25) is 0 Å². The number of carbonyl (C=O) groups excluding carboxylic acids is 1. The van der Waals surface area contributed by atoms with Gasteiger partial charge < -0.3 is 15.4 Å². The van der Waals surface area contributed by atoms with Gasteiger partial charge in [0.15, 0.2) is 0 Å². The number of nitrogens with zero attached hydrogens (tertiary/aromatic N) is 4. The lowest BCUT2D eigenvalue weighted by atomic mass is 9.94. The van der Waals surface area contributed by atoms with Crippen molar-refractivity contribution in [1.82, 2.24) is 20.2 Å². The lowest BCUT2D eigenvalue weighted by Crippen LogP contribution is -2.31. The molecule has 0 saturated carbocycles. The number of ether oxygens (including phenoxy) is 1. The monoisotopic (exact) mass is 390 g/mol. The maximum absolute atomic E-state index is 13.4. The number of benzene rings is 2. The molecule has 1 aliphatic rings. The average molecular weight is 390 g/mol. The van der Waals surface area contributed by atoms with Crippen molar-refractivity contribution in [1.29, 1.82) is 0 Å². The number of methoxy groups -OCH3 is 1. The lowest BCUT2D eigenvalue weighted by Gasteiger charge is -2.28. The van der Waals surface area contributed by atoms with Crippen molar-refractivity contribution in [3.05, 3.63) is 70.4 Å². The Morgan fingerprint density at radius 2 is 2.00 bits per heavy atom. The molecule has 29 heavy (non-hydrogen) atoms. The summed E-state index contributed by atoms with van der Waals surface area (Å²) in [6.07, 6.45) is 0. The summed E-state index contributed by atoms with van der Waals surface area (Å²) in [5.41, 5.74) is 5.00. The number of tetrazole rings is 1. The fourth-order valence-electron chi connectivity index (χ4n) is 3.57. The molecule has 2 heterocycles. The van der Waals surface area contributed by atoms with Gasteiger partial charge in [0.25, 0.3) is 5.91 Å². The lowest BCUT2D eigenvalue weighted by molar-refractivity contribution is -0.113. The van der Waals surface area contributed by atoms with Crippen LogP contribution in [0.15, 0.2) is 53.7 Å². The summed E-state index contributed by atoms with van der Waals surface area (Å²) in [5, 5.41) is 18.1. The van der Waals surface area contributed by atoms with Crippen molar-refractivity contribution < 1.29 is 9.53 Å². The van der Waals surface area contributed by atoms with E-state index in [1.807, 2.05) is 63.2 Å². The number of nitrogens with one attached hydrogen (secondary N) is 2. The van der Waals surface area contributed by atoms with Crippen LogP contribution in [0.25, 0.3) is 0 Å². The summed E-state index contributed by atoms with van der Waals surface area (Å²) < 4.78 is 6.98. The Morgan fingerprint density at radius 1 is 1.17 bits per heavy atom. The van der Waals surface area contributed by atoms with Gasteiger partial charge in [0.1, 0.15) is 11.8 Å². The zero-order valence-corrected chi connectivity index (χ0v) is 16.7. The predicted octanol–water partition coefficient (Wildman–Crippen LogP) is 3.23. The van der Waals surface area contributed by atoms with Crippen LogP contribution >= 0.6 is 0 Å². The summed E-state index contributed by atoms with van der Waals surface area (Å²) >= 11 is 0. The molecule has 2 N–H and O–H groups in total. The van der Waals surface area contributed by atoms with Crippen molar-refractivity contribution in [3.8, 4) is 5.75 Å². The molecular weight excluding hydrogens is 368 g/mol. The van der Waals surface area contributed by atoms with Crippen molar-refractivity contribution in [2.75, 3.05) is 17.7 Å². The Hall–Kier alpha value is -3.68. The standard InChI is InChI=1S/C21H22N6O2/c1-12-8-9-17(13(2)10-12)23-20(28)18-14(3)22-21-24-25-26-27(21)19(18)15-6-5-7-16(11-15)29-4/h5-11,19H,1-4H3,(H,23,28)(H,22,24,26)/t19-/m0/s1. The SMILES string of the molecule is COc1cccc([C@H]2C(C(=O)Nc3ccc(C)cc3C)=C(C)Nc3nnnn32)c1. The van der Waals surface area contributed by atoms with Crippen LogP contribution in [0.3, 0.4) is 0 Å². The molecular formula is C21H22N6O2. The van der Waals surface area contributed by atoms with Crippen LogP contribution in [0.4, 0.5) is 11.6 Å². The first-order valence-corrected chi connectivity index (χ1v) is 9.26. The number of aryl methyl sites for hydroxylation is 2. The first-order chi connectivity index (χ1) is 14.0. The topological polar surface area (TPSA) is 94.0 Å². The highest BCUT2D eigenvalue weighted by Crippen LogP contribution is 2.36. The van der Waals surface area contributed by atoms with Gasteiger partial charge in [-0.15, -0.1) is 0 Å². The van der Waals surface area contributed by atoms with Gasteiger partial charge in [0, 0.05) is 11.4 Å². The van der Waals surface area contributed by atoms with Gasteiger partial charge in [-0.3, -0.25) is 4.79 Å². The molecule has 2 aromatic carbocycles. The van der Waals surface area contributed by atoms with E-state index in [1.165, 1.54) is 0 Å². The molecule has 8 nitrogen and oxygen atoms in total. The normalized spacial score (nSPS) is 15.5. The van der Waals surface area contributed by atoms with Crippen LogP contribution in [0, 0.1) is 13.8 Å². The fourth-order valence-corrected chi connectivity index (χ4v) is 3.57. The third-order valence-electron chi connectivity index (χ3n) is 5.00. The van der Waals surface area contributed by atoms with E-state index in [9.17, 15) is 4.79 Å². The maximum Gasteiger partial charge on any atom is 0.255 e. The van der Waals surface area contributed by atoms with E-state index in [-0.39, 0.29) is 5.91 Å². The molecule has 1 atom stereocenters. The van der Waals surface area contributed by atoms with E-state index < -0.39 is 6.04 Å². The van der Waals surface area contributed by atoms with E-state index in [4.69, 9.17) is 4.74 Å². The van der Waals surface area contributed by atoms with Crippen LogP contribution in [-0.2, 0) is 4.79 Å². The first kappa shape index (κ1) is 18.7. The number of rotatable bonds is 4.